The van der Waals surface area contributed by atoms with Gasteiger partial charge in [-0.15, -0.1) is 0 Å². The fourth-order valence-corrected chi connectivity index (χ4v) is 4.87. The minimum absolute atomic E-state index is 0.608. The van der Waals surface area contributed by atoms with Crippen molar-refractivity contribution < 1.29 is 0 Å². The first kappa shape index (κ1) is 22.5. The Morgan fingerprint density at radius 3 is 2.13 bits per heavy atom. The SMILES string of the molecule is CCCCCCCCC1CCC(CCc2ccc(-c3ccc(C#N)cn3)cc2)CC1. The standard InChI is InChI=1S/C28H38N2/c1-2-3-4-5-6-7-8-23-9-11-24(12-10-23)13-14-25-15-18-27(19-16-25)28-20-17-26(21-29)22-30-28/h15-20,22-24H,2-14H2,1H3. The van der Waals surface area contributed by atoms with E-state index in [2.05, 4.69) is 42.2 Å². The second-order valence-electron chi connectivity index (χ2n) is 9.22. The maximum absolute atomic E-state index is 8.90. The van der Waals surface area contributed by atoms with Gasteiger partial charge in [-0.1, -0.05) is 102 Å². The van der Waals surface area contributed by atoms with Crippen LogP contribution in [-0.4, -0.2) is 4.98 Å². The lowest BCUT2D eigenvalue weighted by Crippen LogP contribution is -2.15. The molecule has 0 unspecified atom stereocenters. The molecule has 1 aromatic carbocycles. The summed E-state index contributed by atoms with van der Waals surface area (Å²) in [5.41, 5.74) is 4.10. The van der Waals surface area contributed by atoms with Crippen molar-refractivity contribution in [2.75, 3.05) is 0 Å². The molecular formula is C28H38N2. The van der Waals surface area contributed by atoms with E-state index < -0.39 is 0 Å². The Hall–Kier alpha value is -2.14. The predicted octanol–water partition coefficient (Wildman–Crippen LogP) is 8.11. The molecule has 1 fully saturated rings. The summed E-state index contributed by atoms with van der Waals surface area (Å²) in [5, 5.41) is 8.90. The van der Waals surface area contributed by atoms with Crippen molar-refractivity contribution in [3.63, 3.8) is 0 Å². The summed E-state index contributed by atoms with van der Waals surface area (Å²) < 4.78 is 0. The van der Waals surface area contributed by atoms with Crippen molar-refractivity contribution in [2.45, 2.75) is 90.4 Å². The Kier molecular flexibility index (Phi) is 9.42. The Morgan fingerprint density at radius 2 is 1.50 bits per heavy atom. The Bertz CT molecular complexity index is 762. The van der Waals surface area contributed by atoms with Crippen LogP contribution in [0.15, 0.2) is 42.6 Å². The van der Waals surface area contributed by atoms with Crippen molar-refractivity contribution in [1.29, 1.82) is 5.26 Å². The van der Waals surface area contributed by atoms with Gasteiger partial charge in [-0.25, -0.2) is 0 Å². The molecule has 0 aliphatic heterocycles. The summed E-state index contributed by atoms with van der Waals surface area (Å²) in [7, 11) is 0. The number of nitriles is 1. The van der Waals surface area contributed by atoms with Gasteiger partial charge in [-0.3, -0.25) is 4.98 Å². The van der Waals surface area contributed by atoms with Gasteiger partial charge in [-0.05, 0) is 42.4 Å². The Balaban J connectivity index is 1.34. The number of benzene rings is 1. The van der Waals surface area contributed by atoms with Crippen LogP contribution in [0.2, 0.25) is 0 Å². The number of hydrogen-bond acceptors (Lipinski definition) is 2. The molecule has 160 valence electrons. The molecule has 1 heterocycles. The highest BCUT2D eigenvalue weighted by atomic mass is 14.7. The lowest BCUT2D eigenvalue weighted by atomic mass is 9.77. The summed E-state index contributed by atoms with van der Waals surface area (Å²) in [6.45, 7) is 2.29. The average Bonchev–Trinajstić information content (AvgIpc) is 2.81. The quantitative estimate of drug-likeness (QED) is 0.356. The van der Waals surface area contributed by atoms with Crippen LogP contribution in [0.4, 0.5) is 0 Å². The van der Waals surface area contributed by atoms with Crippen molar-refractivity contribution in [1.82, 2.24) is 4.98 Å². The maximum atomic E-state index is 8.90. The van der Waals surface area contributed by atoms with E-state index in [1.165, 1.54) is 89.0 Å². The van der Waals surface area contributed by atoms with Crippen LogP contribution in [0.5, 0.6) is 0 Å². The normalized spacial score (nSPS) is 18.8. The molecular weight excluding hydrogens is 364 g/mol. The number of hydrogen-bond donors (Lipinski definition) is 0. The largest absolute Gasteiger partial charge is 0.255 e. The highest BCUT2D eigenvalue weighted by Gasteiger charge is 2.20. The molecule has 0 N–H and O–H groups in total. The van der Waals surface area contributed by atoms with Gasteiger partial charge < -0.3 is 0 Å². The molecule has 1 aliphatic rings. The smallest absolute Gasteiger partial charge is 0.101 e. The molecule has 0 amide bonds. The van der Waals surface area contributed by atoms with Crippen LogP contribution in [0.25, 0.3) is 11.3 Å². The van der Waals surface area contributed by atoms with Crippen LogP contribution in [0.1, 0.15) is 95.1 Å². The van der Waals surface area contributed by atoms with Gasteiger partial charge in [-0.2, -0.15) is 5.26 Å². The molecule has 2 heteroatoms. The van der Waals surface area contributed by atoms with Crippen LogP contribution >= 0.6 is 0 Å². The van der Waals surface area contributed by atoms with E-state index in [4.69, 9.17) is 5.26 Å². The van der Waals surface area contributed by atoms with Gasteiger partial charge in [0.15, 0.2) is 0 Å². The molecule has 2 aromatic rings. The minimum atomic E-state index is 0.608. The summed E-state index contributed by atoms with van der Waals surface area (Å²) in [6.07, 6.45) is 20.0. The zero-order valence-electron chi connectivity index (χ0n) is 18.8. The highest BCUT2D eigenvalue weighted by Crippen LogP contribution is 2.34. The monoisotopic (exact) mass is 402 g/mol. The summed E-state index contributed by atoms with van der Waals surface area (Å²) in [4.78, 5) is 4.39. The molecule has 0 bridgehead atoms. The molecule has 1 aliphatic carbocycles. The Labute approximate surface area is 183 Å². The third kappa shape index (κ3) is 7.28. The topological polar surface area (TPSA) is 36.7 Å². The van der Waals surface area contributed by atoms with Crippen LogP contribution in [-0.2, 0) is 6.42 Å². The van der Waals surface area contributed by atoms with E-state index in [9.17, 15) is 0 Å². The van der Waals surface area contributed by atoms with Gasteiger partial charge in [0.25, 0.3) is 0 Å². The highest BCUT2D eigenvalue weighted by molar-refractivity contribution is 5.59. The minimum Gasteiger partial charge on any atom is -0.255 e. The molecule has 0 spiro atoms. The molecule has 3 rings (SSSR count). The van der Waals surface area contributed by atoms with Crippen LogP contribution in [0, 0.1) is 23.2 Å². The fourth-order valence-electron chi connectivity index (χ4n) is 4.87. The second kappa shape index (κ2) is 12.5. The number of rotatable bonds is 11. The molecule has 0 atom stereocenters. The summed E-state index contributed by atoms with van der Waals surface area (Å²) in [5.74, 6) is 1.93. The van der Waals surface area contributed by atoms with Gasteiger partial charge in [0.2, 0.25) is 0 Å². The van der Waals surface area contributed by atoms with E-state index in [0.717, 1.165) is 23.1 Å². The van der Waals surface area contributed by atoms with Crippen molar-refractivity contribution in [3.8, 4) is 17.3 Å². The van der Waals surface area contributed by atoms with Gasteiger partial charge in [0, 0.05) is 11.8 Å². The molecule has 30 heavy (non-hydrogen) atoms. The number of aromatic nitrogens is 1. The van der Waals surface area contributed by atoms with Gasteiger partial charge >= 0.3 is 0 Å². The second-order valence-corrected chi connectivity index (χ2v) is 9.22. The zero-order valence-corrected chi connectivity index (χ0v) is 18.8. The lowest BCUT2D eigenvalue weighted by Gasteiger charge is -2.28. The fraction of sp³-hybridized carbons (Fsp3) is 0.571. The number of aryl methyl sites for hydroxylation is 1. The van der Waals surface area contributed by atoms with E-state index in [1.807, 2.05) is 12.1 Å². The van der Waals surface area contributed by atoms with Crippen molar-refractivity contribution >= 4 is 0 Å². The molecule has 1 aromatic heterocycles. The first-order valence-corrected chi connectivity index (χ1v) is 12.2. The number of unbranched alkanes of at least 4 members (excludes halogenated alkanes) is 5. The summed E-state index contributed by atoms with van der Waals surface area (Å²) in [6, 6.07) is 14.7. The predicted molar refractivity (Wildman–Crippen MR) is 126 cm³/mol. The first-order valence-electron chi connectivity index (χ1n) is 12.2. The van der Waals surface area contributed by atoms with E-state index in [1.54, 1.807) is 6.20 Å². The first-order chi connectivity index (χ1) is 14.8. The zero-order chi connectivity index (χ0) is 21.0. The number of nitrogens with zero attached hydrogens (tertiary/aromatic N) is 2. The van der Waals surface area contributed by atoms with Gasteiger partial charge in [0.1, 0.15) is 6.07 Å². The molecule has 2 nitrogen and oxygen atoms in total. The van der Waals surface area contributed by atoms with Crippen LogP contribution in [0.3, 0.4) is 0 Å². The van der Waals surface area contributed by atoms with E-state index in [-0.39, 0.29) is 0 Å². The van der Waals surface area contributed by atoms with E-state index >= 15 is 0 Å². The Morgan fingerprint density at radius 1 is 0.833 bits per heavy atom. The molecule has 0 radical (unpaired) electrons. The summed E-state index contributed by atoms with van der Waals surface area (Å²) >= 11 is 0. The van der Waals surface area contributed by atoms with Crippen molar-refractivity contribution in [2.24, 2.45) is 11.8 Å². The van der Waals surface area contributed by atoms with E-state index in [0.29, 0.717) is 5.56 Å². The molecule has 0 saturated heterocycles. The van der Waals surface area contributed by atoms with Gasteiger partial charge in [0.05, 0.1) is 11.3 Å². The lowest BCUT2D eigenvalue weighted by molar-refractivity contribution is 0.248. The van der Waals surface area contributed by atoms with Crippen molar-refractivity contribution in [3.05, 3.63) is 53.7 Å². The third-order valence-corrected chi connectivity index (χ3v) is 6.92. The number of pyridine rings is 1. The maximum Gasteiger partial charge on any atom is 0.101 e. The third-order valence-electron chi connectivity index (χ3n) is 6.92. The average molecular weight is 403 g/mol. The van der Waals surface area contributed by atoms with Crippen LogP contribution < -0.4 is 0 Å². The molecule has 1 saturated carbocycles.